The van der Waals surface area contributed by atoms with Crippen molar-refractivity contribution < 1.29 is 4.74 Å². The fourth-order valence-corrected chi connectivity index (χ4v) is 2.65. The van der Waals surface area contributed by atoms with Crippen molar-refractivity contribution in [2.24, 2.45) is 0 Å². The van der Waals surface area contributed by atoms with E-state index in [-0.39, 0.29) is 5.54 Å². The summed E-state index contributed by atoms with van der Waals surface area (Å²) in [6, 6.07) is 8.12. The van der Waals surface area contributed by atoms with Crippen LogP contribution in [0.2, 0.25) is 0 Å². The second-order valence-electron chi connectivity index (χ2n) is 5.79. The lowest BCUT2D eigenvalue weighted by Crippen LogP contribution is -2.25. The van der Waals surface area contributed by atoms with E-state index in [0.29, 0.717) is 0 Å². The maximum absolute atomic E-state index is 5.59. The molecule has 1 aromatic carbocycles. The summed E-state index contributed by atoms with van der Waals surface area (Å²) in [5.41, 5.74) is 2.16. The van der Waals surface area contributed by atoms with Gasteiger partial charge in [0.2, 0.25) is 0 Å². The topological polar surface area (TPSA) is 34.1 Å². The first-order valence-corrected chi connectivity index (χ1v) is 7.83. The number of thiazole rings is 1. The fraction of sp³-hybridized carbons (Fsp3) is 0.438. The van der Waals surface area contributed by atoms with Gasteiger partial charge >= 0.3 is 0 Å². The summed E-state index contributed by atoms with van der Waals surface area (Å²) in [7, 11) is 0. The number of benzene rings is 1. The molecule has 108 valence electrons. The Kier molecular flexibility index (Phi) is 4.65. The van der Waals surface area contributed by atoms with Crippen LogP contribution in [0.15, 0.2) is 29.6 Å². The Morgan fingerprint density at radius 3 is 2.50 bits per heavy atom. The van der Waals surface area contributed by atoms with Crippen LogP contribution >= 0.6 is 11.3 Å². The number of rotatable bonds is 5. The molecule has 1 aromatic heterocycles. The molecule has 1 heterocycles. The Labute approximate surface area is 125 Å². The van der Waals surface area contributed by atoms with Gasteiger partial charge in [-0.2, -0.15) is 0 Å². The van der Waals surface area contributed by atoms with Crippen LogP contribution in [0, 0.1) is 0 Å². The van der Waals surface area contributed by atoms with Crippen LogP contribution in [-0.4, -0.2) is 17.1 Å². The van der Waals surface area contributed by atoms with Gasteiger partial charge in [0.05, 0.1) is 12.3 Å². The number of nitrogens with zero attached hydrogens (tertiary/aromatic N) is 1. The molecule has 0 unspecified atom stereocenters. The minimum Gasteiger partial charge on any atom is -0.494 e. The molecule has 2 rings (SSSR count). The Morgan fingerprint density at radius 1 is 1.20 bits per heavy atom. The van der Waals surface area contributed by atoms with E-state index < -0.39 is 0 Å². The first-order valence-electron chi connectivity index (χ1n) is 6.95. The Bertz CT molecular complexity index is 540. The Morgan fingerprint density at radius 2 is 1.90 bits per heavy atom. The minimum absolute atomic E-state index is 0.0347. The number of anilines is 1. The quantitative estimate of drug-likeness (QED) is 0.858. The van der Waals surface area contributed by atoms with Gasteiger partial charge in [-0.3, -0.25) is 0 Å². The molecule has 2 aromatic rings. The normalized spacial score (nSPS) is 11.4. The van der Waals surface area contributed by atoms with Gasteiger partial charge in [0.25, 0.3) is 0 Å². The average Bonchev–Trinajstić information content (AvgIpc) is 2.83. The third-order valence-corrected chi connectivity index (χ3v) is 3.37. The van der Waals surface area contributed by atoms with E-state index in [1.807, 2.05) is 12.1 Å². The highest BCUT2D eigenvalue weighted by Gasteiger charge is 2.12. The van der Waals surface area contributed by atoms with Crippen molar-refractivity contribution in [1.82, 2.24) is 4.98 Å². The summed E-state index contributed by atoms with van der Waals surface area (Å²) in [6.07, 6.45) is 1.02. The lowest BCUT2D eigenvalue weighted by molar-refractivity contribution is 0.317. The van der Waals surface area contributed by atoms with Crippen LogP contribution in [0.25, 0.3) is 11.3 Å². The molecule has 0 fully saturated rings. The average molecular weight is 290 g/mol. The summed E-state index contributed by atoms with van der Waals surface area (Å²) >= 11 is 1.64. The lowest BCUT2D eigenvalue weighted by Gasteiger charge is -2.19. The summed E-state index contributed by atoms with van der Waals surface area (Å²) in [5.74, 6) is 0.916. The van der Waals surface area contributed by atoms with Gasteiger partial charge in [-0.15, -0.1) is 11.3 Å². The largest absolute Gasteiger partial charge is 0.494 e. The fourth-order valence-electron chi connectivity index (χ4n) is 1.73. The first kappa shape index (κ1) is 14.9. The standard InChI is InChI=1S/C16H22N2OS/c1-5-10-19-13-8-6-12(7-9-13)14-11-20-15(17-14)18-16(2,3)4/h6-9,11H,5,10H2,1-4H3,(H,17,18). The van der Waals surface area contributed by atoms with E-state index in [9.17, 15) is 0 Å². The van der Waals surface area contributed by atoms with Crippen LogP contribution in [0.3, 0.4) is 0 Å². The lowest BCUT2D eigenvalue weighted by atomic mass is 10.1. The van der Waals surface area contributed by atoms with Crippen LogP contribution < -0.4 is 10.1 Å². The molecule has 0 aliphatic carbocycles. The molecule has 0 aliphatic heterocycles. The molecular weight excluding hydrogens is 268 g/mol. The Balaban J connectivity index is 2.08. The van der Waals surface area contributed by atoms with E-state index in [2.05, 4.69) is 55.5 Å². The summed E-state index contributed by atoms with van der Waals surface area (Å²) < 4.78 is 5.59. The number of nitrogens with one attached hydrogen (secondary N) is 1. The van der Waals surface area contributed by atoms with Crippen LogP contribution in [-0.2, 0) is 0 Å². The first-order chi connectivity index (χ1) is 9.48. The van der Waals surface area contributed by atoms with Crippen LogP contribution in [0.5, 0.6) is 5.75 Å². The molecule has 0 saturated carbocycles. The van der Waals surface area contributed by atoms with Gasteiger partial charge in [0.15, 0.2) is 5.13 Å². The number of aromatic nitrogens is 1. The zero-order valence-electron chi connectivity index (χ0n) is 12.6. The number of hydrogen-bond donors (Lipinski definition) is 1. The molecule has 3 nitrogen and oxygen atoms in total. The molecule has 1 N–H and O–H groups in total. The maximum Gasteiger partial charge on any atom is 0.183 e. The molecule has 0 aliphatic rings. The van der Waals surface area contributed by atoms with Gasteiger partial charge in [0.1, 0.15) is 5.75 Å². The van der Waals surface area contributed by atoms with E-state index >= 15 is 0 Å². The van der Waals surface area contributed by atoms with E-state index in [0.717, 1.165) is 35.2 Å². The van der Waals surface area contributed by atoms with Crippen molar-refractivity contribution in [3.63, 3.8) is 0 Å². The number of hydrogen-bond acceptors (Lipinski definition) is 4. The van der Waals surface area contributed by atoms with Crippen molar-refractivity contribution in [3.8, 4) is 17.0 Å². The maximum atomic E-state index is 5.59. The van der Waals surface area contributed by atoms with Gasteiger partial charge in [-0.05, 0) is 51.5 Å². The number of ether oxygens (including phenoxy) is 1. The Hall–Kier alpha value is -1.55. The van der Waals surface area contributed by atoms with Gasteiger partial charge < -0.3 is 10.1 Å². The van der Waals surface area contributed by atoms with Gasteiger partial charge in [-0.25, -0.2) is 4.98 Å². The summed E-state index contributed by atoms with van der Waals surface area (Å²) in [5, 5.41) is 6.43. The van der Waals surface area contributed by atoms with Crippen LogP contribution in [0.1, 0.15) is 34.1 Å². The highest BCUT2D eigenvalue weighted by Crippen LogP contribution is 2.27. The van der Waals surface area contributed by atoms with Crippen molar-refractivity contribution in [3.05, 3.63) is 29.6 Å². The smallest absolute Gasteiger partial charge is 0.183 e. The SMILES string of the molecule is CCCOc1ccc(-c2csc(NC(C)(C)C)n2)cc1. The molecule has 0 atom stereocenters. The monoisotopic (exact) mass is 290 g/mol. The molecule has 20 heavy (non-hydrogen) atoms. The molecular formula is C16H22N2OS. The predicted molar refractivity (Wildman–Crippen MR) is 86.7 cm³/mol. The zero-order valence-corrected chi connectivity index (χ0v) is 13.4. The molecule has 0 spiro atoms. The third-order valence-electron chi connectivity index (χ3n) is 2.61. The summed E-state index contributed by atoms with van der Waals surface area (Å²) in [6.45, 7) is 9.26. The van der Waals surface area contributed by atoms with Crippen molar-refractivity contribution in [2.45, 2.75) is 39.7 Å². The second kappa shape index (κ2) is 6.27. The van der Waals surface area contributed by atoms with E-state index in [1.165, 1.54) is 0 Å². The third kappa shape index (κ3) is 4.23. The molecule has 0 amide bonds. The summed E-state index contributed by atoms with van der Waals surface area (Å²) in [4.78, 5) is 4.62. The highest BCUT2D eigenvalue weighted by atomic mass is 32.1. The minimum atomic E-state index is 0.0347. The van der Waals surface area contributed by atoms with Gasteiger partial charge in [-0.1, -0.05) is 6.92 Å². The molecule has 0 saturated heterocycles. The van der Waals surface area contributed by atoms with E-state index in [4.69, 9.17) is 4.74 Å². The molecule has 0 bridgehead atoms. The van der Waals surface area contributed by atoms with Crippen LogP contribution in [0.4, 0.5) is 5.13 Å². The zero-order chi connectivity index (χ0) is 14.6. The molecule has 4 heteroatoms. The predicted octanol–water partition coefficient (Wildman–Crippen LogP) is 4.81. The molecule has 0 radical (unpaired) electrons. The van der Waals surface area contributed by atoms with Crippen molar-refractivity contribution in [1.29, 1.82) is 0 Å². The van der Waals surface area contributed by atoms with Crippen molar-refractivity contribution in [2.75, 3.05) is 11.9 Å². The van der Waals surface area contributed by atoms with E-state index in [1.54, 1.807) is 11.3 Å². The van der Waals surface area contributed by atoms with Gasteiger partial charge in [0, 0.05) is 16.5 Å². The second-order valence-corrected chi connectivity index (χ2v) is 6.64. The van der Waals surface area contributed by atoms with Crippen molar-refractivity contribution >= 4 is 16.5 Å². The highest BCUT2D eigenvalue weighted by molar-refractivity contribution is 7.14.